The van der Waals surface area contributed by atoms with Gasteiger partial charge in [-0.15, -0.1) is 0 Å². The van der Waals surface area contributed by atoms with Crippen molar-refractivity contribution in [1.29, 1.82) is 0 Å². The van der Waals surface area contributed by atoms with Crippen LogP contribution in [0.25, 0.3) is 32.8 Å². The van der Waals surface area contributed by atoms with Gasteiger partial charge >= 0.3 is 6.01 Å². The number of piperazine rings is 1. The number of hydrogen-bond acceptors (Lipinski definition) is 6. The third-order valence-corrected chi connectivity index (χ3v) is 8.17. The van der Waals surface area contributed by atoms with Crippen LogP contribution in [0.15, 0.2) is 48.5 Å². The molecule has 8 heteroatoms. The molecular formula is C30H33ClFN5O. The van der Waals surface area contributed by atoms with E-state index >= 15 is 4.39 Å². The van der Waals surface area contributed by atoms with Crippen molar-refractivity contribution in [3.05, 3.63) is 59.4 Å². The SMILES string of the molecule is CCN(C)CCCOc1nc(N2C[C@H]3CC[C@@H](C2)N3)c2cc(Cl)c(-c3cccc4ccccc34)c(F)c2n1. The van der Waals surface area contributed by atoms with E-state index in [0.29, 0.717) is 40.5 Å². The molecule has 2 bridgehead atoms. The first kappa shape index (κ1) is 25.3. The molecule has 6 nitrogen and oxygen atoms in total. The Kier molecular flexibility index (Phi) is 7.08. The van der Waals surface area contributed by atoms with Crippen molar-refractivity contribution in [3.63, 3.8) is 0 Å². The van der Waals surface area contributed by atoms with Gasteiger partial charge in [0.2, 0.25) is 0 Å². The van der Waals surface area contributed by atoms with E-state index in [4.69, 9.17) is 21.3 Å². The minimum Gasteiger partial charge on any atom is -0.463 e. The maximum absolute atomic E-state index is 16.5. The number of benzene rings is 3. The normalized spacial score (nSPS) is 19.1. The molecule has 2 atom stereocenters. The molecular weight excluding hydrogens is 501 g/mol. The number of nitrogens with zero attached hydrogens (tertiary/aromatic N) is 4. The summed E-state index contributed by atoms with van der Waals surface area (Å²) >= 11 is 6.85. The molecule has 0 saturated carbocycles. The largest absolute Gasteiger partial charge is 0.463 e. The fourth-order valence-electron chi connectivity index (χ4n) is 5.78. The van der Waals surface area contributed by atoms with Gasteiger partial charge in [-0.05, 0) is 55.3 Å². The number of ether oxygens (including phenoxy) is 1. The highest BCUT2D eigenvalue weighted by atomic mass is 35.5. The van der Waals surface area contributed by atoms with E-state index in [2.05, 4.69) is 34.1 Å². The molecule has 198 valence electrons. The number of fused-ring (bicyclic) bond motifs is 4. The summed E-state index contributed by atoms with van der Waals surface area (Å²) in [5.74, 6) is 0.250. The number of aromatic nitrogens is 2. The lowest BCUT2D eigenvalue weighted by molar-refractivity contribution is 0.254. The topological polar surface area (TPSA) is 53.5 Å². The number of halogens is 2. The average Bonchev–Trinajstić information content (AvgIpc) is 3.28. The molecule has 2 aliphatic heterocycles. The minimum atomic E-state index is -0.443. The highest BCUT2D eigenvalue weighted by Crippen LogP contribution is 2.41. The second kappa shape index (κ2) is 10.6. The molecule has 1 N–H and O–H groups in total. The Morgan fingerprint density at radius 2 is 1.84 bits per heavy atom. The highest BCUT2D eigenvalue weighted by Gasteiger charge is 2.34. The van der Waals surface area contributed by atoms with Crippen LogP contribution in [0.4, 0.5) is 10.2 Å². The van der Waals surface area contributed by atoms with Crippen LogP contribution in [-0.4, -0.2) is 66.8 Å². The quantitative estimate of drug-likeness (QED) is 0.284. The summed E-state index contributed by atoms with van der Waals surface area (Å²) in [6.45, 7) is 6.11. The predicted octanol–water partition coefficient (Wildman–Crippen LogP) is 5.90. The van der Waals surface area contributed by atoms with Gasteiger partial charge in [0.25, 0.3) is 0 Å². The lowest BCUT2D eigenvalue weighted by Gasteiger charge is -2.34. The minimum absolute atomic E-state index is 0.211. The summed E-state index contributed by atoms with van der Waals surface area (Å²) in [7, 11) is 2.08. The lowest BCUT2D eigenvalue weighted by Crippen LogP contribution is -2.51. The maximum atomic E-state index is 16.5. The van der Waals surface area contributed by atoms with Crippen molar-refractivity contribution >= 4 is 39.1 Å². The summed E-state index contributed by atoms with van der Waals surface area (Å²) in [4.78, 5) is 13.9. The van der Waals surface area contributed by atoms with E-state index in [1.807, 2.05) is 48.5 Å². The average molecular weight is 534 g/mol. The molecule has 3 aromatic carbocycles. The molecule has 2 fully saturated rings. The molecule has 4 aromatic rings. The molecule has 3 heterocycles. The Morgan fingerprint density at radius 3 is 2.63 bits per heavy atom. The van der Waals surface area contributed by atoms with Crippen molar-refractivity contribution < 1.29 is 9.13 Å². The van der Waals surface area contributed by atoms with Crippen molar-refractivity contribution in [3.8, 4) is 17.1 Å². The predicted molar refractivity (Wildman–Crippen MR) is 153 cm³/mol. The maximum Gasteiger partial charge on any atom is 0.319 e. The first-order valence-corrected chi connectivity index (χ1v) is 13.9. The van der Waals surface area contributed by atoms with Gasteiger partial charge in [-0.3, -0.25) is 0 Å². The van der Waals surface area contributed by atoms with E-state index in [9.17, 15) is 0 Å². The van der Waals surface area contributed by atoms with E-state index in [0.717, 1.165) is 61.8 Å². The summed E-state index contributed by atoms with van der Waals surface area (Å²) < 4.78 is 22.5. The monoisotopic (exact) mass is 533 g/mol. The van der Waals surface area contributed by atoms with Crippen LogP contribution in [0, 0.1) is 5.82 Å². The number of rotatable bonds is 8. The van der Waals surface area contributed by atoms with Gasteiger partial charge in [0.05, 0.1) is 11.6 Å². The van der Waals surface area contributed by atoms with Gasteiger partial charge in [-0.2, -0.15) is 9.97 Å². The zero-order valence-corrected chi connectivity index (χ0v) is 22.6. The zero-order chi connectivity index (χ0) is 26.2. The second-order valence-corrected chi connectivity index (χ2v) is 10.8. The van der Waals surface area contributed by atoms with Gasteiger partial charge in [0, 0.05) is 42.7 Å². The molecule has 2 saturated heterocycles. The molecule has 6 rings (SSSR count). The van der Waals surface area contributed by atoms with Crippen LogP contribution >= 0.6 is 11.6 Å². The number of nitrogens with one attached hydrogen (secondary N) is 1. The van der Waals surface area contributed by atoms with Crippen molar-refractivity contribution in [2.24, 2.45) is 0 Å². The van der Waals surface area contributed by atoms with Crippen LogP contribution in [0.3, 0.4) is 0 Å². The summed E-state index contributed by atoms with van der Waals surface area (Å²) in [6, 6.07) is 16.7. The number of hydrogen-bond donors (Lipinski definition) is 1. The molecule has 0 aliphatic carbocycles. The molecule has 0 spiro atoms. The van der Waals surface area contributed by atoms with Crippen LogP contribution < -0.4 is 15.0 Å². The molecule has 0 amide bonds. The molecule has 2 aliphatic rings. The standard InChI is InChI=1S/C30H33ClFN5O/c1-3-36(2)14-7-15-38-30-34-28-24(29(35-30)37-17-20-12-13-21(18-37)33-20)16-25(31)26(27(28)32)23-11-6-9-19-8-4-5-10-22(19)23/h4-6,8-11,16,20-21,33H,3,7,12-15,17-18H2,1-2H3/t20-,21+. The Bertz CT molecular complexity index is 1460. The van der Waals surface area contributed by atoms with Crippen LogP contribution in [0.5, 0.6) is 6.01 Å². The van der Waals surface area contributed by atoms with Crippen molar-refractivity contribution in [1.82, 2.24) is 20.2 Å². The van der Waals surface area contributed by atoms with Crippen molar-refractivity contribution in [2.75, 3.05) is 44.7 Å². The molecule has 38 heavy (non-hydrogen) atoms. The van der Waals surface area contributed by atoms with Gasteiger partial charge in [-0.25, -0.2) is 4.39 Å². The molecule has 0 unspecified atom stereocenters. The second-order valence-electron chi connectivity index (χ2n) is 10.4. The smallest absolute Gasteiger partial charge is 0.319 e. The van der Waals surface area contributed by atoms with Gasteiger partial charge in [-0.1, -0.05) is 61.0 Å². The zero-order valence-electron chi connectivity index (χ0n) is 21.9. The summed E-state index contributed by atoms with van der Waals surface area (Å²) in [6.07, 6.45) is 3.11. The Hall–Kier alpha value is -3.00. The molecule has 1 aromatic heterocycles. The first-order valence-electron chi connectivity index (χ1n) is 13.5. The van der Waals surface area contributed by atoms with E-state index in [-0.39, 0.29) is 11.5 Å². The Balaban J connectivity index is 1.46. The first-order chi connectivity index (χ1) is 18.5. The third-order valence-electron chi connectivity index (χ3n) is 7.87. The Labute approximate surface area is 227 Å². The van der Waals surface area contributed by atoms with Crippen LogP contribution in [0.1, 0.15) is 26.2 Å². The van der Waals surface area contributed by atoms with Crippen molar-refractivity contribution in [2.45, 2.75) is 38.3 Å². The van der Waals surface area contributed by atoms with Crippen LogP contribution in [0.2, 0.25) is 5.02 Å². The van der Waals surface area contributed by atoms with E-state index < -0.39 is 5.82 Å². The Morgan fingerprint density at radius 1 is 1.08 bits per heavy atom. The van der Waals surface area contributed by atoms with Gasteiger partial charge in [0.1, 0.15) is 11.3 Å². The third kappa shape index (κ3) is 4.79. The van der Waals surface area contributed by atoms with E-state index in [1.165, 1.54) is 0 Å². The van der Waals surface area contributed by atoms with Crippen LogP contribution in [-0.2, 0) is 0 Å². The fourth-order valence-corrected chi connectivity index (χ4v) is 6.08. The van der Waals surface area contributed by atoms with E-state index in [1.54, 1.807) is 0 Å². The lowest BCUT2D eigenvalue weighted by atomic mass is 9.96. The number of anilines is 1. The summed E-state index contributed by atoms with van der Waals surface area (Å²) in [5.41, 5.74) is 1.35. The van der Waals surface area contributed by atoms with Gasteiger partial charge in [0.15, 0.2) is 5.82 Å². The molecule has 0 radical (unpaired) electrons. The van der Waals surface area contributed by atoms with Gasteiger partial charge < -0.3 is 19.9 Å². The summed E-state index contributed by atoms with van der Waals surface area (Å²) in [5, 5.41) is 6.61. The highest BCUT2D eigenvalue weighted by molar-refractivity contribution is 6.35. The fraction of sp³-hybridized carbons (Fsp3) is 0.400.